The monoisotopic (exact) mass is 221 g/mol. The van der Waals surface area contributed by atoms with Gasteiger partial charge in [0.1, 0.15) is 18.0 Å². The van der Waals surface area contributed by atoms with Crippen LogP contribution in [-0.4, -0.2) is 34.6 Å². The first-order valence-corrected chi connectivity index (χ1v) is 5.96. The molecule has 1 aromatic rings. The zero-order valence-electron chi connectivity index (χ0n) is 9.74. The van der Waals surface area contributed by atoms with Crippen LogP contribution in [0.3, 0.4) is 0 Å². The fourth-order valence-corrected chi connectivity index (χ4v) is 1.86. The molecular formula is C11H19N5. The minimum Gasteiger partial charge on any atom is -0.370 e. The summed E-state index contributed by atoms with van der Waals surface area (Å²) < 4.78 is 0. The Morgan fingerprint density at radius 1 is 1.19 bits per heavy atom. The summed E-state index contributed by atoms with van der Waals surface area (Å²) in [6.45, 7) is 5.13. The first kappa shape index (κ1) is 11.1. The van der Waals surface area contributed by atoms with E-state index in [0.717, 1.165) is 31.3 Å². The second-order valence-corrected chi connectivity index (χ2v) is 3.98. The summed E-state index contributed by atoms with van der Waals surface area (Å²) in [5.41, 5.74) is 3.32. The van der Waals surface area contributed by atoms with Gasteiger partial charge in [-0.1, -0.05) is 6.42 Å². The number of anilines is 2. The lowest BCUT2D eigenvalue weighted by atomic mass is 10.2. The fraction of sp³-hybridized carbons (Fsp3) is 0.636. The predicted octanol–water partition coefficient (Wildman–Crippen LogP) is 1.72. The van der Waals surface area contributed by atoms with Crippen LogP contribution in [0.25, 0.3) is 0 Å². The van der Waals surface area contributed by atoms with Crippen LogP contribution in [-0.2, 0) is 0 Å². The molecule has 1 saturated heterocycles. The number of hydrazine groups is 1. The highest BCUT2D eigenvalue weighted by Gasteiger charge is 2.10. The molecule has 0 radical (unpaired) electrons. The zero-order valence-corrected chi connectivity index (χ0v) is 9.74. The summed E-state index contributed by atoms with van der Waals surface area (Å²) in [5, 5.41) is 5.40. The number of rotatable bonds is 4. The van der Waals surface area contributed by atoms with Crippen LogP contribution in [0, 0.1) is 0 Å². The second-order valence-electron chi connectivity index (χ2n) is 3.98. The van der Waals surface area contributed by atoms with E-state index in [1.165, 1.54) is 19.3 Å². The Balaban J connectivity index is 1.94. The quantitative estimate of drug-likeness (QED) is 0.811. The van der Waals surface area contributed by atoms with Crippen molar-refractivity contribution >= 4 is 11.6 Å². The first-order valence-electron chi connectivity index (χ1n) is 5.96. The molecule has 0 saturated carbocycles. The van der Waals surface area contributed by atoms with Crippen molar-refractivity contribution in [1.29, 1.82) is 0 Å². The highest BCUT2D eigenvalue weighted by molar-refractivity contribution is 5.45. The first-order chi connectivity index (χ1) is 7.88. The highest BCUT2D eigenvalue weighted by atomic mass is 15.5. The number of hydrogen-bond acceptors (Lipinski definition) is 5. The summed E-state index contributed by atoms with van der Waals surface area (Å²) in [4.78, 5) is 8.35. The van der Waals surface area contributed by atoms with Crippen LogP contribution in [0.4, 0.5) is 11.6 Å². The largest absolute Gasteiger partial charge is 0.370 e. The van der Waals surface area contributed by atoms with Gasteiger partial charge in [0.15, 0.2) is 0 Å². The molecule has 0 spiro atoms. The van der Waals surface area contributed by atoms with Crippen LogP contribution in [0.5, 0.6) is 0 Å². The Morgan fingerprint density at radius 2 is 1.94 bits per heavy atom. The van der Waals surface area contributed by atoms with Gasteiger partial charge in [-0.05, 0) is 19.8 Å². The van der Waals surface area contributed by atoms with Crippen LogP contribution in [0.1, 0.15) is 26.2 Å². The maximum atomic E-state index is 4.21. The predicted molar refractivity (Wildman–Crippen MR) is 65.2 cm³/mol. The number of nitrogens with one attached hydrogen (secondary N) is 2. The lowest BCUT2D eigenvalue weighted by Crippen LogP contribution is -2.35. The highest BCUT2D eigenvalue weighted by Crippen LogP contribution is 2.13. The van der Waals surface area contributed by atoms with Crippen LogP contribution in [0.2, 0.25) is 0 Å². The number of nitrogens with zero attached hydrogens (tertiary/aromatic N) is 3. The minimum absolute atomic E-state index is 0.868. The van der Waals surface area contributed by atoms with E-state index >= 15 is 0 Å². The third kappa shape index (κ3) is 3.06. The molecule has 1 aliphatic heterocycles. The van der Waals surface area contributed by atoms with Crippen molar-refractivity contribution in [1.82, 2.24) is 15.0 Å². The van der Waals surface area contributed by atoms with E-state index in [1.54, 1.807) is 6.33 Å². The third-order valence-corrected chi connectivity index (χ3v) is 2.65. The van der Waals surface area contributed by atoms with Crippen molar-refractivity contribution < 1.29 is 0 Å². The molecule has 2 heterocycles. The number of hydrogen-bond donors (Lipinski definition) is 2. The van der Waals surface area contributed by atoms with Gasteiger partial charge in [0.2, 0.25) is 0 Å². The van der Waals surface area contributed by atoms with Gasteiger partial charge < -0.3 is 10.7 Å². The summed E-state index contributed by atoms with van der Waals surface area (Å²) >= 11 is 0. The van der Waals surface area contributed by atoms with E-state index in [4.69, 9.17) is 0 Å². The van der Waals surface area contributed by atoms with Gasteiger partial charge in [-0.15, -0.1) is 0 Å². The molecule has 2 N–H and O–H groups in total. The summed E-state index contributed by atoms with van der Waals surface area (Å²) in [6, 6.07) is 1.94. The average molecular weight is 221 g/mol. The third-order valence-electron chi connectivity index (χ3n) is 2.65. The van der Waals surface area contributed by atoms with Gasteiger partial charge in [-0.3, -0.25) is 0 Å². The molecule has 0 amide bonds. The smallest absolute Gasteiger partial charge is 0.145 e. The molecule has 0 atom stereocenters. The molecule has 0 aliphatic carbocycles. The molecule has 88 valence electrons. The molecule has 0 aromatic carbocycles. The number of piperidine rings is 1. The van der Waals surface area contributed by atoms with Gasteiger partial charge in [0, 0.05) is 25.7 Å². The van der Waals surface area contributed by atoms with Crippen LogP contribution >= 0.6 is 0 Å². The van der Waals surface area contributed by atoms with E-state index in [-0.39, 0.29) is 0 Å². The Labute approximate surface area is 96.2 Å². The van der Waals surface area contributed by atoms with Crippen molar-refractivity contribution in [3.05, 3.63) is 12.4 Å². The van der Waals surface area contributed by atoms with Crippen molar-refractivity contribution in [2.45, 2.75) is 26.2 Å². The van der Waals surface area contributed by atoms with Crippen molar-refractivity contribution in [2.24, 2.45) is 0 Å². The molecule has 5 nitrogen and oxygen atoms in total. The molecule has 16 heavy (non-hydrogen) atoms. The molecule has 2 rings (SSSR count). The van der Waals surface area contributed by atoms with Gasteiger partial charge >= 0.3 is 0 Å². The van der Waals surface area contributed by atoms with E-state index < -0.39 is 0 Å². The van der Waals surface area contributed by atoms with Gasteiger partial charge in [0.05, 0.1) is 0 Å². The normalized spacial score (nSPS) is 17.1. The van der Waals surface area contributed by atoms with E-state index in [9.17, 15) is 0 Å². The maximum absolute atomic E-state index is 4.21. The summed E-state index contributed by atoms with van der Waals surface area (Å²) in [5.74, 6) is 1.74. The standard InChI is InChI=1S/C11H19N5/c1-2-12-10-8-11(14-9-13-10)15-16-6-4-3-5-7-16/h8-9H,2-7H2,1H3,(H2,12,13,14,15). The average Bonchev–Trinajstić information content (AvgIpc) is 2.31. The van der Waals surface area contributed by atoms with Crippen molar-refractivity contribution in [2.75, 3.05) is 30.4 Å². The van der Waals surface area contributed by atoms with Gasteiger partial charge in [-0.2, -0.15) is 0 Å². The molecular weight excluding hydrogens is 202 g/mol. The SMILES string of the molecule is CCNc1cc(NN2CCCCC2)ncn1. The van der Waals surface area contributed by atoms with Crippen molar-refractivity contribution in [3.8, 4) is 0 Å². The Hall–Kier alpha value is -1.36. The lowest BCUT2D eigenvalue weighted by molar-refractivity contribution is 0.272. The fourth-order valence-electron chi connectivity index (χ4n) is 1.86. The minimum atomic E-state index is 0.868. The molecule has 1 aliphatic rings. The summed E-state index contributed by atoms with van der Waals surface area (Å²) in [7, 11) is 0. The maximum Gasteiger partial charge on any atom is 0.145 e. The molecule has 5 heteroatoms. The number of aromatic nitrogens is 2. The second kappa shape index (κ2) is 5.65. The molecule has 0 bridgehead atoms. The van der Waals surface area contributed by atoms with Gasteiger partial charge in [-0.25, -0.2) is 15.0 Å². The van der Waals surface area contributed by atoms with E-state index in [2.05, 4.69) is 32.6 Å². The molecule has 1 aromatic heterocycles. The Bertz CT molecular complexity index is 322. The topological polar surface area (TPSA) is 53.1 Å². The van der Waals surface area contributed by atoms with E-state index in [0.29, 0.717) is 0 Å². The van der Waals surface area contributed by atoms with Crippen molar-refractivity contribution in [3.63, 3.8) is 0 Å². The Morgan fingerprint density at radius 3 is 2.69 bits per heavy atom. The Kier molecular flexibility index (Phi) is 3.93. The zero-order chi connectivity index (χ0) is 11.2. The summed E-state index contributed by atoms with van der Waals surface area (Å²) in [6.07, 6.45) is 5.45. The lowest BCUT2D eigenvalue weighted by Gasteiger charge is -2.27. The molecule has 1 fully saturated rings. The van der Waals surface area contributed by atoms with Crippen LogP contribution in [0.15, 0.2) is 12.4 Å². The van der Waals surface area contributed by atoms with Gasteiger partial charge in [0.25, 0.3) is 0 Å². The van der Waals surface area contributed by atoms with Crippen LogP contribution < -0.4 is 10.7 Å². The molecule has 0 unspecified atom stereocenters. The van der Waals surface area contributed by atoms with E-state index in [1.807, 2.05) is 6.07 Å².